The summed E-state index contributed by atoms with van der Waals surface area (Å²) < 4.78 is 13.4. The first-order valence-electron chi connectivity index (χ1n) is 6.21. The third-order valence-electron chi connectivity index (χ3n) is 3.55. The molecular weight excluding hydrogens is 253 g/mol. The number of hydrogen-bond acceptors (Lipinski definition) is 1. The Kier molecular flexibility index (Phi) is 4.23. The Morgan fingerprint density at radius 1 is 1.39 bits per heavy atom. The van der Waals surface area contributed by atoms with Crippen LogP contribution in [-0.4, -0.2) is 18.3 Å². The Labute approximate surface area is 112 Å². The van der Waals surface area contributed by atoms with E-state index in [1.165, 1.54) is 6.07 Å². The molecule has 0 unspecified atom stereocenters. The van der Waals surface area contributed by atoms with E-state index in [9.17, 15) is 9.18 Å². The zero-order valence-electron chi connectivity index (χ0n) is 10.2. The first-order chi connectivity index (χ1) is 8.65. The smallest absolute Gasteiger partial charge is 0.224 e. The van der Waals surface area contributed by atoms with Gasteiger partial charge in [-0.2, -0.15) is 0 Å². The van der Waals surface area contributed by atoms with Gasteiger partial charge in [-0.3, -0.25) is 4.79 Å². The normalized spacial score (nSPS) is 16.3. The summed E-state index contributed by atoms with van der Waals surface area (Å²) in [6.45, 7) is 0.660. The van der Waals surface area contributed by atoms with Crippen molar-refractivity contribution >= 4 is 17.5 Å². The van der Waals surface area contributed by atoms with Gasteiger partial charge in [0.05, 0.1) is 6.42 Å². The van der Waals surface area contributed by atoms with Gasteiger partial charge in [0.2, 0.25) is 5.91 Å². The second kappa shape index (κ2) is 5.70. The molecule has 0 heterocycles. The lowest BCUT2D eigenvalue weighted by Gasteiger charge is -2.14. The third-order valence-corrected chi connectivity index (χ3v) is 3.74. The van der Waals surface area contributed by atoms with E-state index in [1.807, 2.05) is 0 Å². The van der Waals surface area contributed by atoms with Crippen molar-refractivity contribution in [1.82, 2.24) is 5.32 Å². The summed E-state index contributed by atoms with van der Waals surface area (Å²) in [4.78, 5) is 11.7. The van der Waals surface area contributed by atoms with Gasteiger partial charge in [-0.1, -0.05) is 18.2 Å². The molecular formula is C14H17ClFNO. The summed E-state index contributed by atoms with van der Waals surface area (Å²) in [6, 6.07) is 6.37. The van der Waals surface area contributed by atoms with Crippen molar-refractivity contribution in [3.63, 3.8) is 0 Å². The molecule has 0 aromatic heterocycles. The lowest BCUT2D eigenvalue weighted by Crippen LogP contribution is -2.31. The Bertz CT molecular complexity index is 432. The van der Waals surface area contributed by atoms with Crippen molar-refractivity contribution < 1.29 is 9.18 Å². The number of carbonyl (C=O) groups excluding carboxylic acids is 1. The summed E-state index contributed by atoms with van der Waals surface area (Å²) in [5, 5.41) is 2.88. The van der Waals surface area contributed by atoms with Gasteiger partial charge < -0.3 is 5.32 Å². The molecule has 0 aliphatic heterocycles. The van der Waals surface area contributed by atoms with Gasteiger partial charge in [-0.15, -0.1) is 11.6 Å². The maximum Gasteiger partial charge on any atom is 0.224 e. The summed E-state index contributed by atoms with van der Waals surface area (Å²) in [7, 11) is 0. The van der Waals surface area contributed by atoms with Crippen LogP contribution in [0.5, 0.6) is 0 Å². The Morgan fingerprint density at radius 2 is 2.11 bits per heavy atom. The number of carbonyl (C=O) groups is 1. The van der Waals surface area contributed by atoms with Crippen LogP contribution in [0.25, 0.3) is 0 Å². The minimum Gasteiger partial charge on any atom is -0.355 e. The zero-order chi connectivity index (χ0) is 13.0. The summed E-state index contributed by atoms with van der Waals surface area (Å²) in [5.41, 5.74) is 0.657. The highest BCUT2D eigenvalue weighted by molar-refractivity contribution is 6.17. The van der Waals surface area contributed by atoms with Crippen molar-refractivity contribution in [1.29, 1.82) is 0 Å². The van der Waals surface area contributed by atoms with Crippen molar-refractivity contribution in [2.45, 2.75) is 25.7 Å². The number of hydrogen-bond donors (Lipinski definition) is 1. The average molecular weight is 270 g/mol. The molecule has 1 aliphatic rings. The lowest BCUT2D eigenvalue weighted by molar-refractivity contribution is -0.120. The number of nitrogens with one attached hydrogen (secondary N) is 1. The van der Waals surface area contributed by atoms with E-state index in [-0.39, 0.29) is 23.6 Å². The second-order valence-corrected chi connectivity index (χ2v) is 5.36. The van der Waals surface area contributed by atoms with Crippen LogP contribution in [-0.2, 0) is 11.2 Å². The summed E-state index contributed by atoms with van der Waals surface area (Å²) >= 11 is 5.73. The molecule has 1 aromatic rings. The predicted octanol–water partition coefficient (Wildman–Crippen LogP) is 2.89. The largest absolute Gasteiger partial charge is 0.355 e. The minimum atomic E-state index is -0.324. The first kappa shape index (κ1) is 13.3. The maximum absolute atomic E-state index is 13.4. The van der Waals surface area contributed by atoms with Crippen LogP contribution in [0, 0.1) is 11.2 Å². The topological polar surface area (TPSA) is 29.1 Å². The van der Waals surface area contributed by atoms with Crippen molar-refractivity contribution in [2.75, 3.05) is 12.4 Å². The number of alkyl halides is 1. The van der Waals surface area contributed by atoms with Crippen molar-refractivity contribution in [2.24, 2.45) is 5.41 Å². The van der Waals surface area contributed by atoms with Gasteiger partial charge in [-0.25, -0.2) is 4.39 Å². The lowest BCUT2D eigenvalue weighted by atomic mass is 10.0. The number of rotatable bonds is 6. The van der Waals surface area contributed by atoms with E-state index < -0.39 is 0 Å². The van der Waals surface area contributed by atoms with Crippen LogP contribution in [0.3, 0.4) is 0 Å². The van der Waals surface area contributed by atoms with Crippen LogP contribution in [0.4, 0.5) is 4.39 Å². The quantitative estimate of drug-likeness (QED) is 0.791. The van der Waals surface area contributed by atoms with Gasteiger partial charge >= 0.3 is 0 Å². The number of halogens is 2. The molecule has 0 radical (unpaired) electrons. The van der Waals surface area contributed by atoms with E-state index in [2.05, 4.69) is 5.32 Å². The summed E-state index contributed by atoms with van der Waals surface area (Å²) in [6.07, 6.45) is 3.29. The van der Waals surface area contributed by atoms with Gasteiger partial charge in [0.15, 0.2) is 0 Å². The molecule has 1 fully saturated rings. The Hall–Kier alpha value is -1.09. The van der Waals surface area contributed by atoms with Crippen LogP contribution in [0.15, 0.2) is 24.3 Å². The van der Waals surface area contributed by atoms with E-state index in [0.717, 1.165) is 19.3 Å². The third kappa shape index (κ3) is 3.45. The fourth-order valence-electron chi connectivity index (χ4n) is 2.06. The molecule has 0 saturated heterocycles. The molecule has 2 nitrogen and oxygen atoms in total. The zero-order valence-corrected chi connectivity index (χ0v) is 11.0. The number of benzene rings is 1. The van der Waals surface area contributed by atoms with Crippen molar-refractivity contribution in [3.8, 4) is 0 Å². The molecule has 1 amide bonds. The first-order valence-corrected chi connectivity index (χ1v) is 6.75. The van der Waals surface area contributed by atoms with E-state index in [4.69, 9.17) is 11.6 Å². The minimum absolute atomic E-state index is 0.101. The average Bonchev–Trinajstić information content (AvgIpc) is 3.11. The monoisotopic (exact) mass is 269 g/mol. The van der Waals surface area contributed by atoms with Gasteiger partial charge in [-0.05, 0) is 36.3 Å². The molecule has 1 aromatic carbocycles. The summed E-state index contributed by atoms with van der Waals surface area (Å²) in [5.74, 6) is 0.180. The highest BCUT2D eigenvalue weighted by Gasteiger charge is 2.41. The second-order valence-electron chi connectivity index (χ2n) is 4.98. The fraction of sp³-hybridized carbons (Fsp3) is 0.500. The Balaban J connectivity index is 1.81. The molecule has 0 bridgehead atoms. The van der Waals surface area contributed by atoms with E-state index in [1.54, 1.807) is 18.2 Å². The Morgan fingerprint density at radius 3 is 2.72 bits per heavy atom. The van der Waals surface area contributed by atoms with Crippen LogP contribution in [0.1, 0.15) is 24.8 Å². The molecule has 0 spiro atoms. The highest BCUT2D eigenvalue weighted by atomic mass is 35.5. The molecule has 4 heteroatoms. The van der Waals surface area contributed by atoms with E-state index >= 15 is 0 Å². The SMILES string of the molecule is O=C(Cc1ccccc1F)NCC1(CCCl)CC1. The fourth-order valence-corrected chi connectivity index (χ4v) is 2.46. The number of amides is 1. The van der Waals surface area contributed by atoms with Crippen LogP contribution < -0.4 is 5.32 Å². The molecule has 98 valence electrons. The van der Waals surface area contributed by atoms with Gasteiger partial charge in [0.25, 0.3) is 0 Å². The molecule has 0 atom stereocenters. The molecule has 1 N–H and O–H groups in total. The van der Waals surface area contributed by atoms with Gasteiger partial charge in [0, 0.05) is 12.4 Å². The predicted molar refractivity (Wildman–Crippen MR) is 70.1 cm³/mol. The molecule has 1 aliphatic carbocycles. The standard InChI is InChI=1S/C14H17ClFNO/c15-8-7-14(5-6-14)10-17-13(18)9-11-3-1-2-4-12(11)16/h1-4H,5-10H2,(H,17,18). The maximum atomic E-state index is 13.4. The van der Waals surface area contributed by atoms with Gasteiger partial charge in [0.1, 0.15) is 5.82 Å². The van der Waals surface area contributed by atoms with Crippen LogP contribution >= 0.6 is 11.6 Å². The highest BCUT2D eigenvalue weighted by Crippen LogP contribution is 2.48. The molecule has 18 heavy (non-hydrogen) atoms. The van der Waals surface area contributed by atoms with Crippen LogP contribution in [0.2, 0.25) is 0 Å². The van der Waals surface area contributed by atoms with E-state index in [0.29, 0.717) is 18.0 Å². The van der Waals surface area contributed by atoms with Crippen molar-refractivity contribution in [3.05, 3.63) is 35.6 Å². The molecule has 2 rings (SSSR count). The molecule has 1 saturated carbocycles.